The van der Waals surface area contributed by atoms with Crippen molar-refractivity contribution >= 4 is 64.2 Å². The molecular formula is C36H48O4S2. The van der Waals surface area contributed by atoms with Crippen LogP contribution in [-0.2, 0) is 9.47 Å². The summed E-state index contributed by atoms with van der Waals surface area (Å²) in [4.78, 5) is 25.4. The topological polar surface area (TPSA) is 52.6 Å². The Labute approximate surface area is 259 Å². The van der Waals surface area contributed by atoms with Gasteiger partial charge in [0.25, 0.3) is 0 Å². The van der Waals surface area contributed by atoms with Crippen LogP contribution in [0.3, 0.4) is 0 Å². The van der Waals surface area contributed by atoms with Crippen molar-refractivity contribution in [3.63, 3.8) is 0 Å². The summed E-state index contributed by atoms with van der Waals surface area (Å²) in [5, 5.41) is 2.30. The van der Waals surface area contributed by atoms with Crippen LogP contribution in [0.4, 0.5) is 0 Å². The first kappa shape index (κ1) is 32.5. The Balaban J connectivity index is 1.26. The van der Waals surface area contributed by atoms with Gasteiger partial charge in [-0.05, 0) is 37.1 Å². The number of fused-ring (bicyclic) bond motifs is 5. The second kappa shape index (κ2) is 17.6. The van der Waals surface area contributed by atoms with E-state index in [-0.39, 0.29) is 11.9 Å². The largest absolute Gasteiger partial charge is 0.462 e. The van der Waals surface area contributed by atoms with E-state index in [1.807, 2.05) is 36.4 Å². The Morgan fingerprint density at radius 1 is 0.524 bits per heavy atom. The number of hydrogen-bond acceptors (Lipinski definition) is 6. The van der Waals surface area contributed by atoms with E-state index in [9.17, 15) is 9.59 Å². The molecular weight excluding hydrogens is 561 g/mol. The molecule has 0 spiro atoms. The molecule has 4 nitrogen and oxygen atoms in total. The smallest absolute Gasteiger partial charge is 0.338 e. The van der Waals surface area contributed by atoms with Crippen molar-refractivity contribution in [3.8, 4) is 0 Å². The molecule has 0 bridgehead atoms. The van der Waals surface area contributed by atoms with Gasteiger partial charge in [-0.1, -0.05) is 116 Å². The van der Waals surface area contributed by atoms with Gasteiger partial charge in [-0.15, -0.1) is 22.7 Å². The van der Waals surface area contributed by atoms with E-state index in [1.165, 1.54) is 86.4 Å². The highest BCUT2D eigenvalue weighted by atomic mass is 32.1. The van der Waals surface area contributed by atoms with Crippen LogP contribution in [-0.4, -0.2) is 25.2 Å². The van der Waals surface area contributed by atoms with E-state index in [1.54, 1.807) is 22.7 Å². The molecule has 2 heterocycles. The number of benzene rings is 2. The van der Waals surface area contributed by atoms with Gasteiger partial charge in [-0.25, -0.2) is 9.59 Å². The van der Waals surface area contributed by atoms with E-state index in [2.05, 4.69) is 13.8 Å². The second-order valence-electron chi connectivity index (χ2n) is 11.5. The van der Waals surface area contributed by atoms with Gasteiger partial charge in [-0.2, -0.15) is 0 Å². The quantitative estimate of drug-likeness (QED) is 0.0740. The molecule has 42 heavy (non-hydrogen) atoms. The van der Waals surface area contributed by atoms with E-state index in [0.717, 1.165) is 45.9 Å². The number of esters is 2. The molecule has 0 radical (unpaired) electrons. The number of unbranched alkanes of at least 4 members (excludes halogenated alkanes) is 14. The molecule has 4 aromatic rings. The number of ether oxygens (including phenoxy) is 2. The summed E-state index contributed by atoms with van der Waals surface area (Å²) in [5.74, 6) is -0.479. The van der Waals surface area contributed by atoms with Gasteiger partial charge in [0.2, 0.25) is 0 Å². The van der Waals surface area contributed by atoms with Crippen LogP contribution in [0.15, 0.2) is 36.4 Å². The average molecular weight is 609 g/mol. The number of carbonyl (C=O) groups excluding carboxylic acids is 2. The molecule has 0 aliphatic carbocycles. The summed E-state index contributed by atoms with van der Waals surface area (Å²) in [5.41, 5.74) is 1.23. The first-order valence-electron chi connectivity index (χ1n) is 16.4. The Morgan fingerprint density at radius 2 is 0.881 bits per heavy atom. The lowest BCUT2D eigenvalue weighted by molar-refractivity contribution is 0.0488. The summed E-state index contributed by atoms with van der Waals surface area (Å²) in [6.07, 6.45) is 19.6. The molecule has 0 saturated heterocycles. The van der Waals surface area contributed by atoms with Crippen molar-refractivity contribution < 1.29 is 19.1 Å². The molecule has 2 aromatic heterocycles. The zero-order chi connectivity index (χ0) is 29.6. The number of carbonyl (C=O) groups is 2. The van der Waals surface area contributed by atoms with Crippen LogP contribution in [0, 0.1) is 0 Å². The lowest BCUT2D eigenvalue weighted by Crippen LogP contribution is -2.06. The fraction of sp³-hybridized carbons (Fsp3) is 0.556. The molecule has 0 fully saturated rings. The maximum atomic E-state index is 12.7. The minimum atomic E-state index is -0.239. The Morgan fingerprint density at radius 3 is 1.26 bits per heavy atom. The van der Waals surface area contributed by atoms with Gasteiger partial charge in [0.1, 0.15) is 0 Å². The monoisotopic (exact) mass is 608 g/mol. The highest BCUT2D eigenvalue weighted by molar-refractivity contribution is 7.36. The highest BCUT2D eigenvalue weighted by Gasteiger charge is 2.17. The Kier molecular flexibility index (Phi) is 13.6. The normalized spacial score (nSPS) is 11.6. The minimum Gasteiger partial charge on any atom is -0.462 e. The predicted molar refractivity (Wildman–Crippen MR) is 180 cm³/mol. The van der Waals surface area contributed by atoms with E-state index in [0.29, 0.717) is 24.3 Å². The Bertz CT molecular complexity index is 1310. The van der Waals surface area contributed by atoms with Crippen molar-refractivity contribution in [2.24, 2.45) is 0 Å². The molecule has 228 valence electrons. The molecule has 6 heteroatoms. The van der Waals surface area contributed by atoms with Crippen molar-refractivity contribution in [3.05, 3.63) is 47.5 Å². The molecule has 4 rings (SSSR count). The number of hydrogen-bond donors (Lipinski definition) is 0. The average Bonchev–Trinajstić information content (AvgIpc) is 3.54. The van der Waals surface area contributed by atoms with Gasteiger partial charge in [-0.3, -0.25) is 0 Å². The van der Waals surface area contributed by atoms with Crippen LogP contribution < -0.4 is 0 Å². The first-order valence-corrected chi connectivity index (χ1v) is 18.0. The molecule has 0 atom stereocenters. The highest BCUT2D eigenvalue weighted by Crippen LogP contribution is 2.44. The van der Waals surface area contributed by atoms with Crippen LogP contribution in [0.2, 0.25) is 0 Å². The van der Waals surface area contributed by atoms with Gasteiger partial charge in [0.15, 0.2) is 0 Å². The molecule has 0 saturated carbocycles. The van der Waals surface area contributed by atoms with Crippen LogP contribution in [0.25, 0.3) is 29.6 Å². The fourth-order valence-electron chi connectivity index (χ4n) is 5.48. The third-order valence-electron chi connectivity index (χ3n) is 8.02. The zero-order valence-corrected chi connectivity index (χ0v) is 27.3. The van der Waals surface area contributed by atoms with Crippen molar-refractivity contribution in [2.75, 3.05) is 13.2 Å². The van der Waals surface area contributed by atoms with Crippen molar-refractivity contribution in [2.45, 2.75) is 117 Å². The molecule has 0 unspecified atom stereocenters. The zero-order valence-electron chi connectivity index (χ0n) is 25.6. The fourth-order valence-corrected chi connectivity index (χ4v) is 8.21. The van der Waals surface area contributed by atoms with Crippen LogP contribution in [0.1, 0.15) is 137 Å². The Hall–Kier alpha value is -2.44. The van der Waals surface area contributed by atoms with Crippen molar-refractivity contribution in [1.29, 1.82) is 0 Å². The van der Waals surface area contributed by atoms with Crippen LogP contribution >= 0.6 is 22.7 Å². The number of rotatable bonds is 20. The summed E-state index contributed by atoms with van der Waals surface area (Å²) < 4.78 is 15.7. The maximum absolute atomic E-state index is 12.7. The SMILES string of the molecule is CCCCCCCCCCOC(=O)c1ccc2c(c1)sc1c3ccc(C(=O)OCCCCCCCCCC)cc3sc21. The van der Waals surface area contributed by atoms with Crippen LogP contribution in [0.5, 0.6) is 0 Å². The third kappa shape index (κ3) is 9.28. The first-order chi connectivity index (χ1) is 20.6. The summed E-state index contributed by atoms with van der Waals surface area (Å²) in [6.45, 7) is 5.45. The van der Waals surface area contributed by atoms with E-state index in [4.69, 9.17) is 9.47 Å². The van der Waals surface area contributed by atoms with Crippen molar-refractivity contribution in [1.82, 2.24) is 0 Å². The summed E-state index contributed by atoms with van der Waals surface area (Å²) >= 11 is 3.40. The van der Waals surface area contributed by atoms with Gasteiger partial charge in [0.05, 0.1) is 33.7 Å². The van der Waals surface area contributed by atoms with Gasteiger partial charge in [0, 0.05) is 20.2 Å². The minimum absolute atomic E-state index is 0.239. The molecule has 2 aromatic carbocycles. The number of thiophene rings is 2. The summed E-state index contributed by atoms with van der Waals surface area (Å²) in [6, 6.07) is 11.8. The molecule has 0 aliphatic rings. The van der Waals surface area contributed by atoms with E-state index >= 15 is 0 Å². The lowest BCUT2D eigenvalue weighted by atomic mass is 10.1. The summed E-state index contributed by atoms with van der Waals surface area (Å²) in [7, 11) is 0. The van der Waals surface area contributed by atoms with Gasteiger partial charge < -0.3 is 9.47 Å². The standard InChI is InChI=1S/C36H48O4S2/c1-3-5-7-9-11-13-15-17-23-39-35(37)27-19-21-29-31(25-27)41-34-30-22-20-28(26-32(30)42-33(29)34)36(38)40-24-18-16-14-12-10-8-6-4-2/h19-22,25-26H,3-18,23-24H2,1-2H3. The lowest BCUT2D eigenvalue weighted by Gasteiger charge is -2.05. The van der Waals surface area contributed by atoms with E-state index < -0.39 is 0 Å². The third-order valence-corrected chi connectivity index (χ3v) is 10.5. The predicted octanol–water partition coefficient (Wildman–Crippen LogP) is 11.9. The second-order valence-corrected chi connectivity index (χ2v) is 13.6. The molecule has 0 aliphatic heterocycles. The van der Waals surface area contributed by atoms with Gasteiger partial charge >= 0.3 is 11.9 Å². The maximum Gasteiger partial charge on any atom is 0.338 e. The molecule has 0 amide bonds. The molecule has 0 N–H and O–H groups in total.